The van der Waals surface area contributed by atoms with Gasteiger partial charge in [-0.1, -0.05) is 7.43 Å². The van der Waals surface area contributed by atoms with Crippen LogP contribution in [0.2, 0.25) is 0 Å². The number of anilines is 4. The Bertz CT molecular complexity index is 3340. The van der Waals surface area contributed by atoms with Gasteiger partial charge < -0.3 is 44.2 Å². The minimum absolute atomic E-state index is 0. The van der Waals surface area contributed by atoms with Crippen LogP contribution in [0.5, 0.6) is 11.5 Å². The van der Waals surface area contributed by atoms with Gasteiger partial charge in [0.1, 0.15) is 58.8 Å². The molecule has 73 heavy (non-hydrogen) atoms. The second-order valence-corrected chi connectivity index (χ2v) is 26.5. The molecule has 30 heteroatoms. The van der Waals surface area contributed by atoms with Crippen molar-refractivity contribution in [2.75, 3.05) is 37.1 Å². The van der Waals surface area contributed by atoms with E-state index in [1.807, 2.05) is 36.4 Å². The van der Waals surface area contributed by atoms with E-state index in [1.165, 1.54) is 59.6 Å². The third-order valence-corrected chi connectivity index (χ3v) is 17.6. The molecule has 4 aromatic carbocycles. The predicted molar refractivity (Wildman–Crippen MR) is 270 cm³/mol. The van der Waals surface area contributed by atoms with Crippen LogP contribution in [0.25, 0.3) is 42.2 Å². The van der Waals surface area contributed by atoms with Crippen molar-refractivity contribution >= 4 is 123 Å². The number of hydrogen-bond acceptors (Lipinski definition) is 21. The second kappa shape index (κ2) is 24.8. The molecule has 8 aromatic rings. The maximum absolute atomic E-state index is 13.4. The zero-order valence-corrected chi connectivity index (χ0v) is 49.0. The largest absolute Gasteiger partial charge is 1.00 e. The van der Waals surface area contributed by atoms with E-state index in [-0.39, 0.29) is 101 Å². The van der Waals surface area contributed by atoms with Crippen LogP contribution in [0.3, 0.4) is 0 Å². The van der Waals surface area contributed by atoms with Crippen molar-refractivity contribution in [2.45, 2.75) is 68.3 Å². The summed E-state index contributed by atoms with van der Waals surface area (Å²) in [5.41, 5.74) is 7.39. The molecule has 8 rings (SSSR count). The third kappa shape index (κ3) is 15.4. The first-order valence-corrected chi connectivity index (χ1v) is 28.4. The minimum atomic E-state index is -4.93. The number of nitrogens with one attached hydrogen (secondary N) is 2. The van der Waals surface area contributed by atoms with Crippen LogP contribution in [0.1, 0.15) is 49.0 Å². The number of rotatable bonds is 16. The number of thiazole rings is 2. The second-order valence-electron chi connectivity index (χ2n) is 17.0. The summed E-state index contributed by atoms with van der Waals surface area (Å²) in [4.78, 5) is 62.7. The number of hydrogen-bond donors (Lipinski definition) is 5. The number of aromatic nitrogens is 6. The topological polar surface area (TPSA) is 324 Å². The van der Waals surface area contributed by atoms with Gasteiger partial charge in [0.15, 0.2) is 19.7 Å². The maximum Gasteiger partial charge on any atom is 1.00 e. The molecule has 0 bridgehead atoms. The van der Waals surface area contributed by atoms with Crippen LogP contribution in [0.4, 0.5) is 23.0 Å². The molecular formula is C43H49N8Na2O14P2S4+. The van der Waals surface area contributed by atoms with Crippen molar-refractivity contribution in [3.63, 3.8) is 0 Å². The number of sulfone groups is 2. The molecular weight excluding hydrogens is 1090 g/mol. The van der Waals surface area contributed by atoms with Crippen LogP contribution < -0.4 is 84.1 Å². The van der Waals surface area contributed by atoms with E-state index < -0.39 is 58.0 Å². The summed E-state index contributed by atoms with van der Waals surface area (Å²) < 4.78 is 94.8. The molecule has 0 radical (unpaired) electrons. The van der Waals surface area contributed by atoms with Crippen LogP contribution in [-0.2, 0) is 37.9 Å². The fraction of sp³-hybridized carbons (Fsp3) is 0.302. The fourth-order valence-electron chi connectivity index (χ4n) is 6.39. The quantitative estimate of drug-likeness (QED) is 0.0525. The Morgan fingerprint density at radius 2 is 0.973 bits per heavy atom. The van der Waals surface area contributed by atoms with E-state index in [4.69, 9.17) is 24.2 Å². The Morgan fingerprint density at radius 3 is 1.34 bits per heavy atom. The molecule has 22 nitrogen and oxygen atoms in total. The van der Waals surface area contributed by atoms with Crippen LogP contribution in [0.15, 0.2) is 94.1 Å². The Morgan fingerprint density at radius 1 is 0.575 bits per heavy atom. The number of fused-ring (bicyclic) bond motifs is 4. The third-order valence-electron chi connectivity index (χ3n) is 9.98. The molecule has 4 aromatic heterocycles. The zero-order valence-electron chi connectivity index (χ0n) is 40.0. The molecule has 5 N–H and O–H groups in total. The van der Waals surface area contributed by atoms with E-state index in [9.17, 15) is 30.9 Å². The standard InChI is InChI=1S/2C21H23N4O7PS2.CH4.2Na/c2*1-21(2,3)35(29,30)19-9-14-15(10-17(19)31-6-7-32-33(26,27)28)22-11-23-20(14)25-13-4-5-18-16(8-13)24-12-34-18;;;/h2*4-5,8-12H,6-7H2,1-3H3,(H,22,23,25)(H2,26,27,28);1H4;;/q;;;2*+1/p-1. The van der Waals surface area contributed by atoms with Gasteiger partial charge >= 0.3 is 66.9 Å². The first kappa shape index (κ1) is 62.2. The van der Waals surface area contributed by atoms with Gasteiger partial charge in [-0.3, -0.25) is 9.09 Å². The van der Waals surface area contributed by atoms with Crippen molar-refractivity contribution in [1.29, 1.82) is 0 Å². The molecule has 0 fully saturated rings. The summed E-state index contributed by atoms with van der Waals surface area (Å²) in [7, 11) is -17.4. The number of nitrogens with zero attached hydrogens (tertiary/aromatic N) is 6. The summed E-state index contributed by atoms with van der Waals surface area (Å²) in [6.45, 7) is 7.83. The Kier molecular flexibility index (Phi) is 21.1. The SMILES string of the molecule is C.CC(C)(C)S(=O)(=O)c1cc2c(Nc3ccc4scnc4c3)ncnc2cc1OCCOP(=O)(O)O.CC(C)(C)S(=O)(=O)c1cc2c(Nc3ccc4scnc4c3)ncnc2cc1OCCOP(=O)([O-])O.[Na+].[Na+]. The summed E-state index contributed by atoms with van der Waals surface area (Å²) >= 11 is 3.05. The van der Waals surface area contributed by atoms with Gasteiger partial charge in [0.2, 0.25) is 0 Å². The molecule has 1 atom stereocenters. The van der Waals surface area contributed by atoms with Crippen LogP contribution >= 0.6 is 38.3 Å². The van der Waals surface area contributed by atoms with E-state index in [1.54, 1.807) is 52.6 Å². The number of ether oxygens (including phenoxy) is 2. The van der Waals surface area contributed by atoms with E-state index in [0.29, 0.717) is 39.1 Å². The summed E-state index contributed by atoms with van der Waals surface area (Å²) in [5, 5.41) is 7.30. The van der Waals surface area contributed by atoms with Gasteiger partial charge in [0.25, 0.3) is 7.82 Å². The van der Waals surface area contributed by atoms with Gasteiger partial charge in [-0.05, 0) is 90.1 Å². The summed E-state index contributed by atoms with van der Waals surface area (Å²) in [6, 6.07) is 17.1. The first-order valence-electron chi connectivity index (χ1n) is 20.6. The number of phosphoric ester groups is 2. The van der Waals surface area contributed by atoms with Gasteiger partial charge in [-0.25, -0.2) is 51.3 Å². The van der Waals surface area contributed by atoms with Crippen molar-refractivity contribution in [2.24, 2.45) is 0 Å². The predicted octanol–water partition coefficient (Wildman–Crippen LogP) is 2.10. The molecule has 1 unspecified atom stereocenters. The number of phosphoric acid groups is 2. The molecule has 0 aliphatic heterocycles. The molecule has 0 aliphatic rings. The molecule has 0 saturated heterocycles. The van der Waals surface area contributed by atoms with Gasteiger partial charge in [0, 0.05) is 34.3 Å². The Hall–Kier alpha value is -3.34. The van der Waals surface area contributed by atoms with Crippen LogP contribution in [-0.4, -0.2) is 97.3 Å². The van der Waals surface area contributed by atoms with E-state index >= 15 is 0 Å². The van der Waals surface area contributed by atoms with Crippen molar-refractivity contribution < 1.29 is 123 Å². The van der Waals surface area contributed by atoms with Crippen LogP contribution in [0, 0.1) is 0 Å². The molecule has 380 valence electrons. The maximum atomic E-state index is 13.4. The van der Waals surface area contributed by atoms with Gasteiger partial charge in [-0.2, -0.15) is 0 Å². The molecule has 0 amide bonds. The zero-order chi connectivity index (χ0) is 50.9. The molecule has 0 aliphatic carbocycles. The van der Waals surface area contributed by atoms with Gasteiger partial charge in [-0.15, -0.1) is 22.7 Å². The smallest absolute Gasteiger partial charge is 0.756 e. The van der Waals surface area contributed by atoms with E-state index in [0.717, 1.165) is 26.1 Å². The average molecular weight is 1140 g/mol. The first-order chi connectivity index (χ1) is 32.7. The van der Waals surface area contributed by atoms with Crippen molar-refractivity contribution in [1.82, 2.24) is 29.9 Å². The monoisotopic (exact) mass is 1140 g/mol. The summed E-state index contributed by atoms with van der Waals surface area (Å²) in [6.07, 6.45) is 2.67. The molecule has 0 spiro atoms. The molecule has 4 heterocycles. The fourth-order valence-corrected chi connectivity index (χ4v) is 11.0. The summed E-state index contributed by atoms with van der Waals surface area (Å²) in [5.74, 6) is 0.752. The van der Waals surface area contributed by atoms with Gasteiger partial charge in [0.05, 0.1) is 65.2 Å². The Balaban J connectivity index is 0.000000304. The normalized spacial score (nSPS) is 13.0. The average Bonchev–Trinajstić information content (AvgIpc) is 3.95. The number of benzene rings is 4. The van der Waals surface area contributed by atoms with Crippen molar-refractivity contribution in [3.8, 4) is 11.5 Å². The van der Waals surface area contributed by atoms with E-state index in [2.05, 4.69) is 49.6 Å². The molecule has 0 saturated carbocycles. The Labute approximate surface area is 473 Å². The van der Waals surface area contributed by atoms with Crippen molar-refractivity contribution in [3.05, 3.63) is 84.3 Å². The minimum Gasteiger partial charge on any atom is -0.756 e.